The van der Waals surface area contributed by atoms with Crippen LogP contribution in [0.2, 0.25) is 5.02 Å². The molecule has 0 unspecified atom stereocenters. The predicted octanol–water partition coefficient (Wildman–Crippen LogP) is 2.56. The standard InChI is InChI=1S/C13H17ClN2O2/c1-18-12-7-9(11(15)8-10(12)14)13(17)16-5-3-2-4-6-16/h7-8H,2-6,15H2,1H3. The van der Waals surface area contributed by atoms with Crippen LogP contribution in [0, 0.1) is 0 Å². The molecule has 4 nitrogen and oxygen atoms in total. The summed E-state index contributed by atoms with van der Waals surface area (Å²) < 4.78 is 5.12. The molecular formula is C13H17ClN2O2. The SMILES string of the molecule is COc1cc(C(=O)N2CCCCC2)c(N)cc1Cl. The first-order chi connectivity index (χ1) is 8.63. The van der Waals surface area contributed by atoms with E-state index in [-0.39, 0.29) is 5.91 Å². The summed E-state index contributed by atoms with van der Waals surface area (Å²) in [6.45, 7) is 1.59. The molecule has 0 aliphatic carbocycles. The van der Waals surface area contributed by atoms with Gasteiger partial charge in [-0.2, -0.15) is 0 Å². The van der Waals surface area contributed by atoms with Gasteiger partial charge in [-0.25, -0.2) is 0 Å². The van der Waals surface area contributed by atoms with Crippen LogP contribution in [0.5, 0.6) is 5.75 Å². The fourth-order valence-corrected chi connectivity index (χ4v) is 2.43. The number of nitrogens with two attached hydrogens (primary N) is 1. The van der Waals surface area contributed by atoms with E-state index in [4.69, 9.17) is 22.1 Å². The number of likely N-dealkylation sites (tertiary alicyclic amines) is 1. The molecule has 1 amide bonds. The lowest BCUT2D eigenvalue weighted by molar-refractivity contribution is 0.0725. The molecule has 1 saturated heterocycles. The molecule has 1 aliphatic rings. The minimum Gasteiger partial charge on any atom is -0.495 e. The monoisotopic (exact) mass is 268 g/mol. The predicted molar refractivity (Wildman–Crippen MR) is 72.2 cm³/mol. The fraction of sp³-hybridized carbons (Fsp3) is 0.462. The highest BCUT2D eigenvalue weighted by atomic mass is 35.5. The summed E-state index contributed by atoms with van der Waals surface area (Å²) in [6.07, 6.45) is 3.29. The van der Waals surface area contributed by atoms with E-state index in [0.717, 1.165) is 25.9 Å². The molecule has 2 rings (SSSR count). The van der Waals surface area contributed by atoms with E-state index in [1.807, 2.05) is 4.90 Å². The van der Waals surface area contributed by atoms with Crippen molar-refractivity contribution in [2.45, 2.75) is 19.3 Å². The largest absolute Gasteiger partial charge is 0.495 e. The lowest BCUT2D eigenvalue weighted by Crippen LogP contribution is -2.36. The Hall–Kier alpha value is -1.42. The average molecular weight is 269 g/mol. The number of hydrogen-bond acceptors (Lipinski definition) is 3. The Balaban J connectivity index is 2.28. The smallest absolute Gasteiger partial charge is 0.256 e. The van der Waals surface area contributed by atoms with Gasteiger partial charge >= 0.3 is 0 Å². The van der Waals surface area contributed by atoms with E-state index in [1.54, 1.807) is 12.1 Å². The summed E-state index contributed by atoms with van der Waals surface area (Å²) in [4.78, 5) is 14.2. The van der Waals surface area contributed by atoms with Gasteiger partial charge in [0, 0.05) is 18.8 Å². The highest BCUT2D eigenvalue weighted by molar-refractivity contribution is 6.32. The third-order valence-electron chi connectivity index (χ3n) is 3.20. The van der Waals surface area contributed by atoms with Gasteiger partial charge in [-0.05, 0) is 31.4 Å². The van der Waals surface area contributed by atoms with Crippen molar-refractivity contribution in [1.29, 1.82) is 0 Å². The summed E-state index contributed by atoms with van der Waals surface area (Å²) in [5, 5.41) is 0.421. The van der Waals surface area contributed by atoms with Crippen molar-refractivity contribution in [3.05, 3.63) is 22.7 Å². The van der Waals surface area contributed by atoms with E-state index in [9.17, 15) is 4.79 Å². The van der Waals surface area contributed by atoms with Crippen molar-refractivity contribution >= 4 is 23.2 Å². The number of carbonyl (C=O) groups excluding carboxylic acids is 1. The van der Waals surface area contributed by atoms with Crippen molar-refractivity contribution in [2.75, 3.05) is 25.9 Å². The molecule has 1 fully saturated rings. The minimum atomic E-state index is -0.0397. The number of anilines is 1. The second kappa shape index (κ2) is 5.48. The molecule has 1 aromatic carbocycles. The number of piperidine rings is 1. The number of hydrogen-bond donors (Lipinski definition) is 1. The van der Waals surface area contributed by atoms with E-state index < -0.39 is 0 Å². The van der Waals surface area contributed by atoms with Crippen LogP contribution < -0.4 is 10.5 Å². The first-order valence-electron chi connectivity index (χ1n) is 6.05. The van der Waals surface area contributed by atoms with Crippen LogP contribution in [-0.2, 0) is 0 Å². The van der Waals surface area contributed by atoms with Gasteiger partial charge in [-0.3, -0.25) is 4.79 Å². The second-order valence-corrected chi connectivity index (χ2v) is 4.83. The normalized spacial score (nSPS) is 15.6. The van der Waals surface area contributed by atoms with E-state index in [1.165, 1.54) is 13.5 Å². The molecule has 0 radical (unpaired) electrons. The van der Waals surface area contributed by atoms with Gasteiger partial charge < -0.3 is 15.4 Å². The number of amides is 1. The van der Waals surface area contributed by atoms with E-state index in [0.29, 0.717) is 22.0 Å². The Kier molecular flexibility index (Phi) is 3.97. The van der Waals surface area contributed by atoms with Gasteiger partial charge in [0.1, 0.15) is 5.75 Å². The zero-order chi connectivity index (χ0) is 13.1. The van der Waals surface area contributed by atoms with Crippen LogP contribution >= 0.6 is 11.6 Å². The second-order valence-electron chi connectivity index (χ2n) is 4.43. The molecule has 0 spiro atoms. The van der Waals surface area contributed by atoms with Crippen molar-refractivity contribution in [2.24, 2.45) is 0 Å². The maximum absolute atomic E-state index is 12.3. The van der Waals surface area contributed by atoms with Gasteiger partial charge in [0.05, 0.1) is 17.7 Å². The Morgan fingerprint density at radius 1 is 1.33 bits per heavy atom. The molecule has 98 valence electrons. The molecule has 0 atom stereocenters. The lowest BCUT2D eigenvalue weighted by atomic mass is 10.1. The fourth-order valence-electron chi connectivity index (χ4n) is 2.18. The number of carbonyl (C=O) groups is 1. The molecule has 0 bridgehead atoms. The number of nitrogen functional groups attached to an aromatic ring is 1. The Morgan fingerprint density at radius 3 is 2.61 bits per heavy atom. The zero-order valence-corrected chi connectivity index (χ0v) is 11.2. The Labute approximate surface area is 112 Å². The number of rotatable bonds is 2. The first-order valence-corrected chi connectivity index (χ1v) is 6.43. The average Bonchev–Trinajstić information content (AvgIpc) is 2.39. The van der Waals surface area contributed by atoms with Crippen LogP contribution in [0.3, 0.4) is 0 Å². The van der Waals surface area contributed by atoms with Crippen LogP contribution in [0.4, 0.5) is 5.69 Å². The third-order valence-corrected chi connectivity index (χ3v) is 3.49. The van der Waals surface area contributed by atoms with Crippen LogP contribution in [0.25, 0.3) is 0 Å². The van der Waals surface area contributed by atoms with E-state index >= 15 is 0 Å². The number of methoxy groups -OCH3 is 1. The van der Waals surface area contributed by atoms with Crippen LogP contribution in [0.15, 0.2) is 12.1 Å². The highest BCUT2D eigenvalue weighted by Gasteiger charge is 2.21. The van der Waals surface area contributed by atoms with Crippen molar-refractivity contribution in [3.63, 3.8) is 0 Å². The van der Waals surface area contributed by atoms with Gasteiger partial charge in [0.15, 0.2) is 0 Å². The van der Waals surface area contributed by atoms with Gasteiger partial charge in [0.25, 0.3) is 5.91 Å². The summed E-state index contributed by atoms with van der Waals surface area (Å²) in [5.41, 5.74) is 6.73. The maximum Gasteiger partial charge on any atom is 0.256 e. The quantitative estimate of drug-likeness (QED) is 0.839. The van der Waals surface area contributed by atoms with E-state index in [2.05, 4.69) is 0 Å². The van der Waals surface area contributed by atoms with Crippen molar-refractivity contribution < 1.29 is 9.53 Å². The molecule has 0 saturated carbocycles. The molecule has 0 aromatic heterocycles. The molecule has 1 heterocycles. The summed E-state index contributed by atoms with van der Waals surface area (Å²) in [6, 6.07) is 3.19. The van der Waals surface area contributed by atoms with Crippen LogP contribution in [0.1, 0.15) is 29.6 Å². The van der Waals surface area contributed by atoms with Crippen molar-refractivity contribution in [1.82, 2.24) is 4.90 Å². The van der Waals surface area contributed by atoms with Gasteiger partial charge in [-0.1, -0.05) is 11.6 Å². The number of nitrogens with zero attached hydrogens (tertiary/aromatic N) is 1. The molecule has 1 aromatic rings. The minimum absolute atomic E-state index is 0.0397. The number of ether oxygens (including phenoxy) is 1. The number of benzene rings is 1. The Bertz CT molecular complexity index is 457. The highest BCUT2D eigenvalue weighted by Crippen LogP contribution is 2.30. The third kappa shape index (κ3) is 2.53. The molecular weight excluding hydrogens is 252 g/mol. The molecule has 18 heavy (non-hydrogen) atoms. The zero-order valence-electron chi connectivity index (χ0n) is 10.4. The van der Waals surface area contributed by atoms with Gasteiger partial charge in [-0.15, -0.1) is 0 Å². The summed E-state index contributed by atoms with van der Waals surface area (Å²) in [5.74, 6) is 0.438. The Morgan fingerprint density at radius 2 is 2.00 bits per heavy atom. The van der Waals surface area contributed by atoms with Crippen molar-refractivity contribution in [3.8, 4) is 5.75 Å². The molecule has 5 heteroatoms. The maximum atomic E-state index is 12.3. The molecule has 1 aliphatic heterocycles. The first kappa shape index (κ1) is 13.0. The topological polar surface area (TPSA) is 55.6 Å². The lowest BCUT2D eigenvalue weighted by Gasteiger charge is -2.27. The van der Waals surface area contributed by atoms with Crippen LogP contribution in [-0.4, -0.2) is 31.0 Å². The summed E-state index contributed by atoms with van der Waals surface area (Å²) in [7, 11) is 1.52. The van der Waals surface area contributed by atoms with Gasteiger partial charge in [0.2, 0.25) is 0 Å². The summed E-state index contributed by atoms with van der Waals surface area (Å²) >= 11 is 5.96. The molecule has 2 N–H and O–H groups in total. The number of halogens is 1.